The molecule has 1 fully saturated rings. The van der Waals surface area contributed by atoms with E-state index in [1.807, 2.05) is 30.3 Å². The van der Waals surface area contributed by atoms with Crippen molar-refractivity contribution in [2.24, 2.45) is 0 Å². The summed E-state index contributed by atoms with van der Waals surface area (Å²) in [5.41, 5.74) is 2.05. The van der Waals surface area contributed by atoms with Crippen LogP contribution in [0.3, 0.4) is 0 Å². The molecule has 170 valence electrons. The fourth-order valence-corrected chi connectivity index (χ4v) is 4.01. The van der Waals surface area contributed by atoms with E-state index in [9.17, 15) is 14.9 Å². The van der Waals surface area contributed by atoms with Gasteiger partial charge in [-0.25, -0.2) is 4.98 Å². The number of halogens is 1. The van der Waals surface area contributed by atoms with Crippen LogP contribution in [0.5, 0.6) is 0 Å². The minimum atomic E-state index is -0.401. The number of nitrogens with one attached hydrogen (secondary N) is 1. The zero-order valence-corrected chi connectivity index (χ0v) is 18.7. The SMILES string of the molecule is O=C(Nc1ccc(N2CCCN(Cc3cc([N+](=O)[O-])ccc3Cl)CC2)nc1)c1ccccc1. The summed E-state index contributed by atoms with van der Waals surface area (Å²) in [5.74, 6) is 0.679. The van der Waals surface area contributed by atoms with E-state index in [0.29, 0.717) is 22.8 Å². The summed E-state index contributed by atoms with van der Waals surface area (Å²) in [6.45, 7) is 3.83. The summed E-state index contributed by atoms with van der Waals surface area (Å²) in [6.07, 6.45) is 2.60. The van der Waals surface area contributed by atoms with Crippen LogP contribution in [0.25, 0.3) is 0 Å². The van der Waals surface area contributed by atoms with Crippen molar-refractivity contribution in [2.75, 3.05) is 36.4 Å². The van der Waals surface area contributed by atoms with E-state index in [4.69, 9.17) is 11.6 Å². The van der Waals surface area contributed by atoms with Crippen molar-refractivity contribution in [3.05, 3.63) is 93.1 Å². The van der Waals surface area contributed by atoms with E-state index in [1.54, 1.807) is 30.5 Å². The van der Waals surface area contributed by atoms with E-state index in [2.05, 4.69) is 20.1 Å². The number of amides is 1. The molecule has 9 heteroatoms. The van der Waals surface area contributed by atoms with Gasteiger partial charge in [-0.15, -0.1) is 0 Å². The molecular formula is C24H24ClN5O3. The second-order valence-electron chi connectivity index (χ2n) is 7.87. The van der Waals surface area contributed by atoms with Crippen LogP contribution in [0, 0.1) is 10.1 Å². The van der Waals surface area contributed by atoms with E-state index >= 15 is 0 Å². The number of carbonyl (C=O) groups excluding carboxylic acids is 1. The van der Waals surface area contributed by atoms with E-state index < -0.39 is 4.92 Å². The summed E-state index contributed by atoms with van der Waals surface area (Å²) >= 11 is 6.28. The molecular weight excluding hydrogens is 442 g/mol. The van der Waals surface area contributed by atoms with Gasteiger partial charge in [0.15, 0.2) is 0 Å². The molecule has 0 atom stereocenters. The van der Waals surface area contributed by atoms with Crippen molar-refractivity contribution in [1.82, 2.24) is 9.88 Å². The highest BCUT2D eigenvalue weighted by atomic mass is 35.5. The predicted molar refractivity (Wildman–Crippen MR) is 129 cm³/mol. The highest BCUT2D eigenvalue weighted by Crippen LogP contribution is 2.24. The van der Waals surface area contributed by atoms with Crippen LogP contribution >= 0.6 is 11.6 Å². The van der Waals surface area contributed by atoms with Crippen LogP contribution in [-0.2, 0) is 6.54 Å². The molecule has 0 spiro atoms. The Morgan fingerprint density at radius 2 is 1.88 bits per heavy atom. The summed E-state index contributed by atoms with van der Waals surface area (Å²) in [7, 11) is 0. The maximum Gasteiger partial charge on any atom is 0.269 e. The third-order valence-electron chi connectivity index (χ3n) is 5.59. The number of pyridine rings is 1. The molecule has 3 aromatic rings. The minimum Gasteiger partial charge on any atom is -0.355 e. The van der Waals surface area contributed by atoms with Gasteiger partial charge in [0.1, 0.15) is 5.82 Å². The molecule has 0 bridgehead atoms. The first kappa shape index (κ1) is 22.7. The molecule has 1 aromatic heterocycles. The van der Waals surface area contributed by atoms with Crippen molar-refractivity contribution in [1.29, 1.82) is 0 Å². The Hall–Kier alpha value is -3.49. The van der Waals surface area contributed by atoms with Gasteiger partial charge >= 0.3 is 0 Å². The maximum atomic E-state index is 12.3. The van der Waals surface area contributed by atoms with Crippen LogP contribution in [0.2, 0.25) is 5.02 Å². The quantitative estimate of drug-likeness (QED) is 0.422. The number of anilines is 2. The van der Waals surface area contributed by atoms with Gasteiger partial charge in [-0.3, -0.25) is 19.8 Å². The zero-order chi connectivity index (χ0) is 23.2. The Balaban J connectivity index is 1.35. The number of nitrogens with zero attached hydrogens (tertiary/aromatic N) is 4. The van der Waals surface area contributed by atoms with Gasteiger partial charge in [0.05, 0.1) is 16.8 Å². The first-order valence-electron chi connectivity index (χ1n) is 10.7. The van der Waals surface area contributed by atoms with Crippen LogP contribution in [-0.4, -0.2) is 46.9 Å². The lowest BCUT2D eigenvalue weighted by atomic mass is 10.2. The average molecular weight is 466 g/mol. The van der Waals surface area contributed by atoms with Crippen LogP contribution < -0.4 is 10.2 Å². The van der Waals surface area contributed by atoms with Crippen molar-refractivity contribution in [3.63, 3.8) is 0 Å². The predicted octanol–water partition coefficient (Wildman–Crippen LogP) is 4.61. The van der Waals surface area contributed by atoms with Gasteiger partial charge in [0.25, 0.3) is 11.6 Å². The average Bonchev–Trinajstić information content (AvgIpc) is 3.07. The molecule has 0 radical (unpaired) electrons. The molecule has 1 N–H and O–H groups in total. The lowest BCUT2D eigenvalue weighted by Crippen LogP contribution is -2.31. The highest BCUT2D eigenvalue weighted by molar-refractivity contribution is 6.31. The summed E-state index contributed by atoms with van der Waals surface area (Å²) in [5, 5.41) is 14.5. The smallest absolute Gasteiger partial charge is 0.269 e. The molecule has 0 saturated carbocycles. The van der Waals surface area contributed by atoms with Crippen molar-refractivity contribution < 1.29 is 9.72 Å². The Bertz CT molecular complexity index is 1120. The van der Waals surface area contributed by atoms with E-state index in [-0.39, 0.29) is 11.6 Å². The standard InChI is InChI=1S/C24H24ClN5O3/c25-22-9-8-21(30(32)33)15-19(22)17-28-11-4-12-29(14-13-28)23-10-7-20(16-26-23)27-24(31)18-5-2-1-3-6-18/h1-3,5-10,15-16H,4,11-14,17H2,(H,27,31). The number of hydrogen-bond acceptors (Lipinski definition) is 6. The number of rotatable bonds is 6. The lowest BCUT2D eigenvalue weighted by molar-refractivity contribution is -0.384. The molecule has 2 heterocycles. The number of aromatic nitrogens is 1. The van der Waals surface area contributed by atoms with Crippen LogP contribution in [0.4, 0.5) is 17.2 Å². The van der Waals surface area contributed by atoms with Crippen molar-refractivity contribution in [2.45, 2.75) is 13.0 Å². The number of nitro groups is 1. The van der Waals surface area contributed by atoms with Gasteiger partial charge in [0, 0.05) is 55.4 Å². The number of carbonyl (C=O) groups is 1. The summed E-state index contributed by atoms with van der Waals surface area (Å²) < 4.78 is 0. The molecule has 0 aliphatic carbocycles. The Morgan fingerprint density at radius 1 is 1.06 bits per heavy atom. The molecule has 1 aliphatic heterocycles. The molecule has 4 rings (SSSR count). The van der Waals surface area contributed by atoms with Gasteiger partial charge in [-0.2, -0.15) is 0 Å². The van der Waals surface area contributed by atoms with Crippen molar-refractivity contribution in [3.8, 4) is 0 Å². The largest absolute Gasteiger partial charge is 0.355 e. The maximum absolute atomic E-state index is 12.3. The fraction of sp³-hybridized carbons (Fsp3) is 0.250. The second-order valence-corrected chi connectivity index (χ2v) is 8.28. The Morgan fingerprint density at radius 3 is 2.61 bits per heavy atom. The van der Waals surface area contributed by atoms with Gasteiger partial charge in [-0.05, 0) is 42.3 Å². The molecule has 1 saturated heterocycles. The summed E-state index contributed by atoms with van der Waals surface area (Å²) in [4.78, 5) is 32.0. The Kier molecular flexibility index (Phi) is 7.16. The molecule has 33 heavy (non-hydrogen) atoms. The zero-order valence-electron chi connectivity index (χ0n) is 18.0. The monoisotopic (exact) mass is 465 g/mol. The summed E-state index contributed by atoms with van der Waals surface area (Å²) in [6, 6.07) is 17.4. The van der Waals surface area contributed by atoms with Gasteiger partial charge in [0.2, 0.25) is 0 Å². The highest BCUT2D eigenvalue weighted by Gasteiger charge is 2.18. The first-order valence-corrected chi connectivity index (χ1v) is 11.1. The third-order valence-corrected chi connectivity index (χ3v) is 5.96. The minimum absolute atomic E-state index is 0.0505. The topological polar surface area (TPSA) is 91.6 Å². The number of benzene rings is 2. The second kappa shape index (κ2) is 10.4. The molecule has 1 aliphatic rings. The van der Waals surface area contributed by atoms with Crippen molar-refractivity contribution >= 4 is 34.7 Å². The fourth-order valence-electron chi connectivity index (χ4n) is 3.83. The molecule has 2 aromatic carbocycles. The van der Waals surface area contributed by atoms with Crippen LogP contribution in [0.1, 0.15) is 22.3 Å². The lowest BCUT2D eigenvalue weighted by Gasteiger charge is -2.23. The van der Waals surface area contributed by atoms with Gasteiger partial charge < -0.3 is 10.2 Å². The number of hydrogen-bond donors (Lipinski definition) is 1. The van der Waals surface area contributed by atoms with Gasteiger partial charge in [-0.1, -0.05) is 29.8 Å². The van der Waals surface area contributed by atoms with E-state index in [1.165, 1.54) is 6.07 Å². The Labute approximate surface area is 197 Å². The normalized spacial score (nSPS) is 14.5. The third kappa shape index (κ3) is 5.85. The molecule has 0 unspecified atom stereocenters. The molecule has 8 nitrogen and oxygen atoms in total. The first-order chi connectivity index (χ1) is 16.0. The van der Waals surface area contributed by atoms with E-state index in [0.717, 1.165) is 44.0 Å². The van der Waals surface area contributed by atoms with Crippen LogP contribution in [0.15, 0.2) is 66.9 Å². The number of non-ortho nitro benzene ring substituents is 1. The molecule has 1 amide bonds. The number of nitro benzene ring substituents is 1.